The number of nitrogens with zero attached hydrogens (tertiary/aromatic N) is 2. The number of anilines is 3. The Bertz CT molecular complexity index is 1130. The molecule has 1 atom stereocenters. The third-order valence-electron chi connectivity index (χ3n) is 5.78. The van der Waals surface area contributed by atoms with E-state index in [1.807, 2.05) is 68.4 Å². The molecule has 3 nitrogen and oxygen atoms in total. The lowest BCUT2D eigenvalue weighted by Gasteiger charge is -2.34. The Morgan fingerprint density at radius 2 is 1.64 bits per heavy atom. The van der Waals surface area contributed by atoms with E-state index in [4.69, 9.17) is 0 Å². The number of para-hydroxylation sites is 1. The van der Waals surface area contributed by atoms with Crippen molar-refractivity contribution in [1.29, 1.82) is 0 Å². The standard InChI is InChI=1S/C27H27F3N2O/c1-5-31(18-33)25-16-15-22(27(28,29)30)17-26(25)32(23-12-7-6-8-13-23)21(4)20(3)24-14-10-9-11-19(24)2/h6-18,20H,4-5H2,1-3H3. The number of hydrogen-bond acceptors (Lipinski definition) is 2. The number of alkyl halides is 3. The molecular formula is C27H27F3N2O. The molecule has 1 unspecified atom stereocenters. The van der Waals surface area contributed by atoms with Crippen molar-refractivity contribution in [3.63, 3.8) is 0 Å². The van der Waals surface area contributed by atoms with Crippen LogP contribution in [0.5, 0.6) is 0 Å². The Balaban J connectivity index is 2.26. The summed E-state index contributed by atoms with van der Waals surface area (Å²) in [4.78, 5) is 14.9. The molecule has 0 saturated carbocycles. The minimum atomic E-state index is -4.53. The molecule has 0 saturated heterocycles. The molecule has 1 amide bonds. The first kappa shape index (κ1) is 24.1. The largest absolute Gasteiger partial charge is 0.416 e. The smallest absolute Gasteiger partial charge is 0.313 e. The Hall–Kier alpha value is -3.54. The maximum Gasteiger partial charge on any atom is 0.416 e. The molecule has 0 aliphatic rings. The average molecular weight is 453 g/mol. The molecule has 0 aliphatic heterocycles. The molecule has 0 N–H and O–H groups in total. The molecule has 33 heavy (non-hydrogen) atoms. The second kappa shape index (κ2) is 9.94. The molecule has 3 aromatic carbocycles. The highest BCUT2D eigenvalue weighted by Crippen LogP contribution is 2.43. The summed E-state index contributed by atoms with van der Waals surface area (Å²) in [6.07, 6.45) is -3.90. The number of hydrogen-bond donors (Lipinski definition) is 0. The molecule has 3 rings (SSSR count). The van der Waals surface area contributed by atoms with E-state index >= 15 is 0 Å². The van der Waals surface area contributed by atoms with Gasteiger partial charge in [-0.3, -0.25) is 4.79 Å². The number of allylic oxidation sites excluding steroid dienone is 1. The first-order valence-electron chi connectivity index (χ1n) is 10.7. The van der Waals surface area contributed by atoms with E-state index in [0.717, 1.165) is 23.3 Å². The summed E-state index contributed by atoms with van der Waals surface area (Å²) in [6.45, 7) is 10.4. The molecule has 3 aromatic rings. The topological polar surface area (TPSA) is 23.6 Å². The van der Waals surface area contributed by atoms with Gasteiger partial charge in [0.15, 0.2) is 0 Å². The van der Waals surface area contributed by atoms with Crippen LogP contribution in [0.15, 0.2) is 85.1 Å². The Morgan fingerprint density at radius 1 is 1.00 bits per heavy atom. The summed E-state index contributed by atoms with van der Waals surface area (Å²) in [7, 11) is 0. The summed E-state index contributed by atoms with van der Waals surface area (Å²) in [5.74, 6) is -0.194. The van der Waals surface area contributed by atoms with Gasteiger partial charge in [0.1, 0.15) is 0 Å². The molecule has 0 aliphatic carbocycles. The summed E-state index contributed by atoms with van der Waals surface area (Å²) >= 11 is 0. The highest BCUT2D eigenvalue weighted by atomic mass is 19.4. The molecule has 0 spiro atoms. The molecule has 0 radical (unpaired) electrons. The number of carbonyl (C=O) groups is 1. The van der Waals surface area contributed by atoms with Crippen molar-refractivity contribution in [2.24, 2.45) is 0 Å². The quantitative estimate of drug-likeness (QED) is 0.331. The van der Waals surface area contributed by atoms with Gasteiger partial charge in [-0.1, -0.05) is 56.0 Å². The number of amides is 1. The van der Waals surface area contributed by atoms with Crippen LogP contribution in [0.25, 0.3) is 0 Å². The van der Waals surface area contributed by atoms with Gasteiger partial charge < -0.3 is 9.80 Å². The van der Waals surface area contributed by atoms with Gasteiger partial charge in [0, 0.05) is 23.8 Å². The molecule has 6 heteroatoms. The maximum atomic E-state index is 13.7. The normalized spacial score (nSPS) is 12.2. The van der Waals surface area contributed by atoms with Crippen LogP contribution in [-0.2, 0) is 11.0 Å². The minimum absolute atomic E-state index is 0.194. The molecule has 0 bridgehead atoms. The van der Waals surface area contributed by atoms with Crippen molar-refractivity contribution in [2.75, 3.05) is 16.3 Å². The van der Waals surface area contributed by atoms with Gasteiger partial charge in [0.05, 0.1) is 16.9 Å². The van der Waals surface area contributed by atoms with Crippen LogP contribution in [0.2, 0.25) is 0 Å². The summed E-state index contributed by atoms with van der Waals surface area (Å²) in [6, 6.07) is 20.4. The Labute approximate surface area is 192 Å². The fourth-order valence-electron chi connectivity index (χ4n) is 3.91. The highest BCUT2D eigenvalue weighted by molar-refractivity contribution is 5.88. The van der Waals surface area contributed by atoms with Crippen LogP contribution in [0.4, 0.5) is 30.2 Å². The van der Waals surface area contributed by atoms with Gasteiger partial charge in [-0.25, -0.2) is 0 Å². The summed E-state index contributed by atoms with van der Waals surface area (Å²) < 4.78 is 41.1. The van der Waals surface area contributed by atoms with Crippen LogP contribution in [0, 0.1) is 6.92 Å². The molecule has 0 heterocycles. The van der Waals surface area contributed by atoms with Crippen LogP contribution < -0.4 is 9.80 Å². The van der Waals surface area contributed by atoms with Gasteiger partial charge in [0.2, 0.25) is 6.41 Å². The maximum absolute atomic E-state index is 13.7. The number of halogens is 3. The third-order valence-corrected chi connectivity index (χ3v) is 5.78. The fraction of sp³-hybridized carbons (Fsp3) is 0.222. The molecule has 0 aromatic heterocycles. The summed E-state index contributed by atoms with van der Waals surface area (Å²) in [5, 5.41) is 0. The van der Waals surface area contributed by atoms with Gasteiger partial charge in [-0.2, -0.15) is 13.2 Å². The summed E-state index contributed by atoms with van der Waals surface area (Å²) in [5.41, 5.74) is 3.17. The molecule has 172 valence electrons. The van der Waals surface area contributed by atoms with Crippen molar-refractivity contribution in [2.45, 2.75) is 32.9 Å². The second-order valence-corrected chi connectivity index (χ2v) is 7.83. The van der Waals surface area contributed by atoms with Crippen molar-refractivity contribution in [1.82, 2.24) is 0 Å². The van der Waals surface area contributed by atoms with Gasteiger partial charge in [-0.15, -0.1) is 0 Å². The number of rotatable bonds is 8. The van der Waals surface area contributed by atoms with Crippen LogP contribution >= 0.6 is 0 Å². The minimum Gasteiger partial charge on any atom is -0.313 e. The van der Waals surface area contributed by atoms with Gasteiger partial charge in [-0.05, 0) is 55.3 Å². The first-order chi connectivity index (χ1) is 15.7. The lowest BCUT2D eigenvalue weighted by molar-refractivity contribution is -0.137. The number of benzene rings is 3. The van der Waals surface area contributed by atoms with E-state index in [-0.39, 0.29) is 11.6 Å². The van der Waals surface area contributed by atoms with E-state index in [0.29, 0.717) is 30.0 Å². The number of carbonyl (C=O) groups excluding carboxylic acids is 1. The van der Waals surface area contributed by atoms with E-state index in [1.165, 1.54) is 11.0 Å². The highest BCUT2D eigenvalue weighted by Gasteiger charge is 2.33. The van der Waals surface area contributed by atoms with Crippen molar-refractivity contribution >= 4 is 23.5 Å². The molecule has 0 fully saturated rings. The lowest BCUT2D eigenvalue weighted by atomic mass is 9.92. The first-order valence-corrected chi connectivity index (χ1v) is 10.7. The van der Waals surface area contributed by atoms with E-state index < -0.39 is 11.7 Å². The van der Waals surface area contributed by atoms with Crippen molar-refractivity contribution in [3.8, 4) is 0 Å². The predicted octanol–water partition coefficient (Wildman–Crippen LogP) is 7.45. The zero-order valence-electron chi connectivity index (χ0n) is 18.9. The van der Waals surface area contributed by atoms with Crippen molar-refractivity contribution < 1.29 is 18.0 Å². The SMILES string of the molecule is C=C(C(C)c1ccccc1C)N(c1ccccc1)c1cc(C(F)(F)F)ccc1N(C=O)CC. The third kappa shape index (κ3) is 5.11. The van der Waals surface area contributed by atoms with E-state index in [2.05, 4.69) is 6.58 Å². The molecular weight excluding hydrogens is 425 g/mol. The van der Waals surface area contributed by atoms with Gasteiger partial charge in [0.25, 0.3) is 0 Å². The Morgan fingerprint density at radius 3 is 2.21 bits per heavy atom. The van der Waals surface area contributed by atoms with Crippen molar-refractivity contribution in [3.05, 3.63) is 102 Å². The second-order valence-electron chi connectivity index (χ2n) is 7.83. The Kier molecular flexibility index (Phi) is 7.26. The lowest BCUT2D eigenvalue weighted by Crippen LogP contribution is -2.26. The zero-order chi connectivity index (χ0) is 24.2. The van der Waals surface area contributed by atoms with Crippen LogP contribution in [-0.4, -0.2) is 13.0 Å². The van der Waals surface area contributed by atoms with Crippen LogP contribution in [0.1, 0.15) is 36.5 Å². The fourth-order valence-corrected chi connectivity index (χ4v) is 3.91. The van der Waals surface area contributed by atoms with Crippen LogP contribution in [0.3, 0.4) is 0 Å². The van der Waals surface area contributed by atoms with E-state index in [9.17, 15) is 18.0 Å². The predicted molar refractivity (Wildman–Crippen MR) is 128 cm³/mol. The zero-order valence-corrected chi connectivity index (χ0v) is 18.9. The van der Waals surface area contributed by atoms with E-state index in [1.54, 1.807) is 11.8 Å². The monoisotopic (exact) mass is 452 g/mol. The average Bonchev–Trinajstić information content (AvgIpc) is 2.80. The number of aryl methyl sites for hydroxylation is 1. The van der Waals surface area contributed by atoms with Gasteiger partial charge >= 0.3 is 6.18 Å².